The summed E-state index contributed by atoms with van der Waals surface area (Å²) in [6.45, 7) is 4.33. The van der Waals surface area contributed by atoms with Gasteiger partial charge in [-0.05, 0) is 54.0 Å². The zero-order valence-corrected chi connectivity index (χ0v) is 18.7. The molecule has 0 aliphatic carbocycles. The Kier molecular flexibility index (Phi) is 5.44. The van der Waals surface area contributed by atoms with Gasteiger partial charge in [0, 0.05) is 36.7 Å². The Morgan fingerprint density at radius 2 is 1.78 bits per heavy atom. The molecule has 2 atom stereocenters. The summed E-state index contributed by atoms with van der Waals surface area (Å²) in [6.07, 6.45) is 0. The van der Waals surface area contributed by atoms with E-state index in [9.17, 15) is 4.79 Å². The van der Waals surface area contributed by atoms with Crippen LogP contribution in [0, 0.1) is 0 Å². The highest BCUT2D eigenvalue weighted by atomic mass is 79.9. The van der Waals surface area contributed by atoms with Gasteiger partial charge in [-0.15, -0.1) is 11.8 Å². The second-order valence-electron chi connectivity index (χ2n) is 6.64. The first-order valence-electron chi connectivity index (χ1n) is 8.60. The molecule has 0 spiro atoms. The monoisotopic (exact) mass is 508 g/mol. The van der Waals surface area contributed by atoms with Crippen molar-refractivity contribution in [2.45, 2.75) is 36.1 Å². The summed E-state index contributed by atoms with van der Waals surface area (Å²) in [5, 5.41) is 3.28. The molecule has 2 aliphatic heterocycles. The molecule has 2 aromatic carbocycles. The second kappa shape index (κ2) is 7.67. The molecular formula is C19H18Br2N4OS. The fourth-order valence-electron chi connectivity index (χ4n) is 3.27. The van der Waals surface area contributed by atoms with Gasteiger partial charge in [0.1, 0.15) is 5.71 Å². The first-order valence-corrected chi connectivity index (χ1v) is 11.1. The number of carbonyl (C=O) groups excluding carboxylic acids is 1. The number of para-hydroxylation sites is 1. The molecule has 1 saturated heterocycles. The molecule has 5 nitrogen and oxygen atoms in total. The molecule has 1 amide bonds. The summed E-state index contributed by atoms with van der Waals surface area (Å²) in [5.74, 6) is -0.186. The Morgan fingerprint density at radius 3 is 2.52 bits per heavy atom. The third-order valence-corrected chi connectivity index (χ3v) is 7.42. The number of benzene rings is 2. The molecular weight excluding hydrogens is 492 g/mol. The van der Waals surface area contributed by atoms with Crippen molar-refractivity contribution in [1.29, 1.82) is 0 Å². The standard InChI is InChI=1S/C19H18Br2N4OS/c1-9-18(10(2)25-24-9)27-15-6-4-3-5-14(15)22-17-12-7-11(20)8-13(21)16(12)23-19(17)26/h3-10,18,24-25H,1-2H3,(H,22,23,26). The summed E-state index contributed by atoms with van der Waals surface area (Å²) < 4.78 is 1.73. The van der Waals surface area contributed by atoms with Gasteiger partial charge in [0.05, 0.1) is 11.4 Å². The van der Waals surface area contributed by atoms with Crippen LogP contribution in [0.5, 0.6) is 0 Å². The minimum Gasteiger partial charge on any atom is -0.319 e. The number of amides is 1. The number of hydrogen-bond acceptors (Lipinski definition) is 5. The molecule has 4 rings (SSSR count). The molecule has 0 radical (unpaired) electrons. The molecule has 1 fully saturated rings. The number of anilines is 1. The van der Waals surface area contributed by atoms with E-state index in [1.807, 2.05) is 30.3 Å². The van der Waals surface area contributed by atoms with Crippen LogP contribution in [0.4, 0.5) is 11.4 Å². The Balaban J connectivity index is 1.73. The lowest BCUT2D eigenvalue weighted by molar-refractivity contribution is -0.110. The van der Waals surface area contributed by atoms with Crippen molar-refractivity contribution in [2.75, 3.05) is 5.32 Å². The number of carbonyl (C=O) groups is 1. The SMILES string of the molecule is CC1NNC(C)C1Sc1ccccc1N=C1C(=O)Nc2c(Br)cc(Br)cc21. The third-order valence-electron chi connectivity index (χ3n) is 4.65. The quantitative estimate of drug-likeness (QED) is 0.564. The minimum absolute atomic E-state index is 0.186. The van der Waals surface area contributed by atoms with Crippen LogP contribution in [0.25, 0.3) is 0 Å². The lowest BCUT2D eigenvalue weighted by Gasteiger charge is -2.18. The van der Waals surface area contributed by atoms with Gasteiger partial charge in [0.2, 0.25) is 0 Å². The highest BCUT2D eigenvalue weighted by Gasteiger charge is 2.32. The molecule has 2 heterocycles. The highest BCUT2D eigenvalue weighted by Crippen LogP contribution is 2.39. The Bertz CT molecular complexity index is 939. The predicted octanol–water partition coefficient (Wildman–Crippen LogP) is 4.63. The third kappa shape index (κ3) is 3.73. The number of fused-ring (bicyclic) bond motifs is 1. The second-order valence-corrected chi connectivity index (χ2v) is 9.63. The predicted molar refractivity (Wildman–Crippen MR) is 118 cm³/mol. The van der Waals surface area contributed by atoms with Gasteiger partial charge in [-0.1, -0.05) is 28.1 Å². The number of hydrazine groups is 1. The molecule has 2 aliphatic rings. The van der Waals surface area contributed by atoms with Gasteiger partial charge in [-0.25, -0.2) is 4.99 Å². The number of aliphatic imine (C=N–C) groups is 1. The van der Waals surface area contributed by atoms with Crippen LogP contribution in [0.1, 0.15) is 19.4 Å². The van der Waals surface area contributed by atoms with Crippen LogP contribution in [0.2, 0.25) is 0 Å². The first-order chi connectivity index (χ1) is 12.9. The normalized spacial score (nSPS) is 25.7. The van der Waals surface area contributed by atoms with E-state index in [2.05, 4.69) is 67.9 Å². The molecule has 140 valence electrons. The molecule has 0 bridgehead atoms. The molecule has 2 unspecified atom stereocenters. The van der Waals surface area contributed by atoms with E-state index in [-0.39, 0.29) is 5.91 Å². The maximum Gasteiger partial charge on any atom is 0.275 e. The smallest absolute Gasteiger partial charge is 0.275 e. The van der Waals surface area contributed by atoms with Crippen molar-refractivity contribution in [3.63, 3.8) is 0 Å². The van der Waals surface area contributed by atoms with E-state index in [1.165, 1.54) is 0 Å². The van der Waals surface area contributed by atoms with Crippen LogP contribution in [0.3, 0.4) is 0 Å². The van der Waals surface area contributed by atoms with Crippen molar-refractivity contribution < 1.29 is 4.79 Å². The first kappa shape index (κ1) is 19.1. The minimum atomic E-state index is -0.186. The van der Waals surface area contributed by atoms with Gasteiger partial charge >= 0.3 is 0 Å². The van der Waals surface area contributed by atoms with E-state index in [4.69, 9.17) is 4.99 Å². The number of thioether (sulfide) groups is 1. The van der Waals surface area contributed by atoms with E-state index in [0.717, 1.165) is 30.8 Å². The topological polar surface area (TPSA) is 65.5 Å². The van der Waals surface area contributed by atoms with Crippen molar-refractivity contribution >= 4 is 66.6 Å². The largest absolute Gasteiger partial charge is 0.319 e. The molecule has 0 aromatic heterocycles. The van der Waals surface area contributed by atoms with E-state index < -0.39 is 0 Å². The molecule has 27 heavy (non-hydrogen) atoms. The van der Waals surface area contributed by atoms with Gasteiger partial charge in [0.15, 0.2) is 0 Å². The van der Waals surface area contributed by atoms with Crippen molar-refractivity contribution in [3.05, 3.63) is 50.9 Å². The van der Waals surface area contributed by atoms with Crippen molar-refractivity contribution in [2.24, 2.45) is 4.99 Å². The Morgan fingerprint density at radius 1 is 1.07 bits per heavy atom. The Labute approximate surface area is 179 Å². The molecule has 8 heteroatoms. The average Bonchev–Trinajstić information content (AvgIpc) is 3.11. The van der Waals surface area contributed by atoms with Crippen molar-refractivity contribution in [3.8, 4) is 0 Å². The van der Waals surface area contributed by atoms with E-state index in [0.29, 0.717) is 23.0 Å². The summed E-state index contributed by atoms with van der Waals surface area (Å²) in [4.78, 5) is 18.4. The molecule has 0 saturated carbocycles. The summed E-state index contributed by atoms with van der Waals surface area (Å²) >= 11 is 8.78. The lowest BCUT2D eigenvalue weighted by Crippen LogP contribution is -2.30. The number of nitrogens with one attached hydrogen (secondary N) is 3. The average molecular weight is 510 g/mol. The summed E-state index contributed by atoms with van der Waals surface area (Å²) in [6, 6.07) is 12.5. The van der Waals surface area contributed by atoms with Crippen LogP contribution in [0.15, 0.2) is 55.2 Å². The van der Waals surface area contributed by atoms with Crippen LogP contribution in [-0.4, -0.2) is 29.0 Å². The zero-order valence-electron chi connectivity index (χ0n) is 14.7. The number of rotatable bonds is 3. The van der Waals surface area contributed by atoms with Crippen LogP contribution < -0.4 is 16.2 Å². The van der Waals surface area contributed by atoms with Gasteiger partial charge in [0.25, 0.3) is 5.91 Å². The van der Waals surface area contributed by atoms with Gasteiger partial charge < -0.3 is 5.32 Å². The molecule has 2 aromatic rings. The van der Waals surface area contributed by atoms with Crippen LogP contribution in [-0.2, 0) is 4.79 Å². The maximum atomic E-state index is 12.6. The number of nitrogens with zero attached hydrogens (tertiary/aromatic N) is 1. The lowest BCUT2D eigenvalue weighted by atomic mass is 10.1. The number of halogens is 2. The molecule has 3 N–H and O–H groups in total. The maximum absolute atomic E-state index is 12.6. The zero-order chi connectivity index (χ0) is 19.1. The van der Waals surface area contributed by atoms with Gasteiger partial charge in [-0.2, -0.15) is 0 Å². The van der Waals surface area contributed by atoms with Crippen LogP contribution >= 0.6 is 43.6 Å². The highest BCUT2D eigenvalue weighted by molar-refractivity contribution is 9.11. The van der Waals surface area contributed by atoms with E-state index in [1.54, 1.807) is 11.8 Å². The van der Waals surface area contributed by atoms with Gasteiger partial charge in [-0.3, -0.25) is 15.6 Å². The fourth-order valence-corrected chi connectivity index (χ4v) is 5.83. The van der Waals surface area contributed by atoms with E-state index >= 15 is 0 Å². The Hall–Kier alpha value is -1.19. The number of hydrogen-bond donors (Lipinski definition) is 3. The van der Waals surface area contributed by atoms with Crippen molar-refractivity contribution in [1.82, 2.24) is 10.9 Å². The summed E-state index contributed by atoms with van der Waals surface area (Å²) in [5.41, 5.74) is 9.37. The summed E-state index contributed by atoms with van der Waals surface area (Å²) in [7, 11) is 0. The fraction of sp³-hybridized carbons (Fsp3) is 0.263.